The van der Waals surface area contributed by atoms with Gasteiger partial charge >= 0.3 is 12.1 Å². The SMILES string of the molecule is CCSc1cc(N)ccc1-c1ccc(OCC(F)(F)C(F)(F)F)cn1. The van der Waals surface area contributed by atoms with Crippen molar-refractivity contribution in [3.8, 4) is 17.0 Å². The van der Waals surface area contributed by atoms with Gasteiger partial charge in [-0.3, -0.25) is 4.98 Å². The molecule has 0 amide bonds. The highest BCUT2D eigenvalue weighted by atomic mass is 32.2. The van der Waals surface area contributed by atoms with Gasteiger partial charge in [-0.15, -0.1) is 11.8 Å². The third-order valence-electron chi connectivity index (χ3n) is 3.15. The molecule has 0 aliphatic rings. The zero-order valence-corrected chi connectivity index (χ0v) is 13.9. The first-order valence-corrected chi connectivity index (χ1v) is 8.18. The van der Waals surface area contributed by atoms with E-state index in [2.05, 4.69) is 9.72 Å². The molecule has 0 fully saturated rings. The molecule has 0 bridgehead atoms. The third kappa shape index (κ3) is 4.75. The van der Waals surface area contributed by atoms with Gasteiger partial charge in [-0.05, 0) is 36.1 Å². The number of ether oxygens (including phenoxy) is 1. The number of pyridine rings is 1. The highest BCUT2D eigenvalue weighted by Gasteiger charge is 2.58. The van der Waals surface area contributed by atoms with Crippen LogP contribution in [0.25, 0.3) is 11.3 Å². The molecule has 3 nitrogen and oxygen atoms in total. The van der Waals surface area contributed by atoms with Crippen LogP contribution >= 0.6 is 11.8 Å². The summed E-state index contributed by atoms with van der Waals surface area (Å²) in [7, 11) is 0. The van der Waals surface area contributed by atoms with Crippen molar-refractivity contribution in [3.05, 3.63) is 36.5 Å². The summed E-state index contributed by atoms with van der Waals surface area (Å²) in [6, 6.07) is 8.05. The van der Waals surface area contributed by atoms with Crippen LogP contribution in [0.4, 0.5) is 27.6 Å². The molecule has 0 aliphatic heterocycles. The molecule has 0 aliphatic carbocycles. The van der Waals surface area contributed by atoms with Crippen molar-refractivity contribution in [2.75, 3.05) is 18.1 Å². The maximum absolute atomic E-state index is 12.9. The Hall–Kier alpha value is -2.03. The molecule has 0 spiro atoms. The number of aromatic nitrogens is 1. The van der Waals surface area contributed by atoms with E-state index < -0.39 is 18.7 Å². The number of anilines is 1. The highest BCUT2D eigenvalue weighted by molar-refractivity contribution is 7.99. The lowest BCUT2D eigenvalue weighted by molar-refractivity contribution is -0.290. The number of hydrogen-bond donors (Lipinski definition) is 1. The molecule has 25 heavy (non-hydrogen) atoms. The maximum atomic E-state index is 12.9. The second kappa shape index (κ2) is 7.47. The van der Waals surface area contributed by atoms with Gasteiger partial charge in [0.15, 0.2) is 6.61 Å². The van der Waals surface area contributed by atoms with Crippen LogP contribution in [0.15, 0.2) is 41.4 Å². The standard InChI is InChI=1S/C16H15F5N2OS/c1-2-25-14-7-10(22)3-5-12(14)13-6-4-11(8-23-13)24-9-15(17,18)16(19,20)21/h3-8H,2,9,22H2,1H3. The molecule has 0 unspecified atom stereocenters. The van der Waals surface area contributed by atoms with Crippen LogP contribution in [-0.2, 0) is 0 Å². The van der Waals surface area contributed by atoms with Crippen molar-refractivity contribution in [3.63, 3.8) is 0 Å². The maximum Gasteiger partial charge on any atom is 0.456 e. The summed E-state index contributed by atoms with van der Waals surface area (Å²) in [5.41, 5.74) is 7.67. The number of nitrogens with two attached hydrogens (primary N) is 1. The number of nitrogen functional groups attached to an aromatic ring is 1. The van der Waals surface area contributed by atoms with E-state index in [4.69, 9.17) is 5.73 Å². The molecule has 1 aromatic carbocycles. The normalized spacial score (nSPS) is 12.2. The second-order valence-electron chi connectivity index (χ2n) is 5.06. The minimum absolute atomic E-state index is 0.173. The van der Waals surface area contributed by atoms with E-state index in [1.54, 1.807) is 30.0 Å². The number of benzene rings is 1. The van der Waals surface area contributed by atoms with Crippen LogP contribution in [0.3, 0.4) is 0 Å². The van der Waals surface area contributed by atoms with Gasteiger partial charge in [-0.1, -0.05) is 6.92 Å². The van der Waals surface area contributed by atoms with Crippen LogP contribution < -0.4 is 10.5 Å². The lowest BCUT2D eigenvalue weighted by Gasteiger charge is -2.19. The summed E-state index contributed by atoms with van der Waals surface area (Å²) in [5.74, 6) is -4.29. The Balaban J connectivity index is 2.16. The minimum Gasteiger partial charge on any atom is -0.485 e. The first kappa shape index (κ1) is 19.3. The van der Waals surface area contributed by atoms with Crippen LogP contribution in [-0.4, -0.2) is 29.4 Å². The Morgan fingerprint density at radius 3 is 2.40 bits per heavy atom. The average molecular weight is 378 g/mol. The topological polar surface area (TPSA) is 48.1 Å². The van der Waals surface area contributed by atoms with Gasteiger partial charge in [0.2, 0.25) is 0 Å². The molecule has 136 valence electrons. The molecule has 9 heteroatoms. The zero-order valence-electron chi connectivity index (χ0n) is 13.1. The molecular weight excluding hydrogens is 363 g/mol. The van der Waals surface area contributed by atoms with E-state index in [1.807, 2.05) is 6.92 Å². The monoisotopic (exact) mass is 378 g/mol. The van der Waals surface area contributed by atoms with Gasteiger partial charge in [-0.25, -0.2) is 0 Å². The summed E-state index contributed by atoms with van der Waals surface area (Å²) in [6.07, 6.45) is -4.55. The van der Waals surface area contributed by atoms with Crippen LogP contribution in [0, 0.1) is 0 Å². The summed E-state index contributed by atoms with van der Waals surface area (Å²) >= 11 is 1.56. The lowest BCUT2D eigenvalue weighted by Crippen LogP contribution is -2.41. The molecule has 0 saturated heterocycles. The van der Waals surface area contributed by atoms with E-state index >= 15 is 0 Å². The average Bonchev–Trinajstić information content (AvgIpc) is 2.53. The highest BCUT2D eigenvalue weighted by Crippen LogP contribution is 2.36. The van der Waals surface area contributed by atoms with Gasteiger partial charge < -0.3 is 10.5 Å². The van der Waals surface area contributed by atoms with Crippen LogP contribution in [0.5, 0.6) is 5.75 Å². The Morgan fingerprint density at radius 2 is 1.84 bits per heavy atom. The fourth-order valence-electron chi connectivity index (χ4n) is 1.91. The number of halogens is 5. The number of thioether (sulfide) groups is 1. The molecule has 2 rings (SSSR count). The van der Waals surface area contributed by atoms with E-state index in [0.29, 0.717) is 11.4 Å². The largest absolute Gasteiger partial charge is 0.485 e. The molecule has 2 aromatic rings. The van der Waals surface area contributed by atoms with Crippen molar-refractivity contribution in [1.82, 2.24) is 4.98 Å². The number of nitrogens with zero attached hydrogens (tertiary/aromatic N) is 1. The van der Waals surface area contributed by atoms with Gasteiger partial charge in [0, 0.05) is 16.1 Å². The molecule has 0 atom stereocenters. The quantitative estimate of drug-likeness (QED) is 0.436. The fraction of sp³-hybridized carbons (Fsp3) is 0.312. The molecule has 0 saturated carbocycles. The first-order valence-electron chi connectivity index (χ1n) is 7.20. The Morgan fingerprint density at radius 1 is 1.12 bits per heavy atom. The summed E-state index contributed by atoms with van der Waals surface area (Å²) in [6.45, 7) is 0.180. The van der Waals surface area contributed by atoms with Crippen LogP contribution in [0.2, 0.25) is 0 Å². The Bertz CT molecular complexity index is 719. The Labute approximate surface area is 145 Å². The predicted molar refractivity (Wildman–Crippen MR) is 87.0 cm³/mol. The van der Waals surface area contributed by atoms with E-state index in [-0.39, 0.29) is 5.75 Å². The molecule has 1 aromatic heterocycles. The summed E-state index contributed by atoms with van der Waals surface area (Å²) in [5, 5.41) is 0. The van der Waals surface area contributed by atoms with E-state index in [0.717, 1.165) is 22.4 Å². The fourth-order valence-corrected chi connectivity index (χ4v) is 2.76. The van der Waals surface area contributed by atoms with Gasteiger partial charge in [0.25, 0.3) is 0 Å². The third-order valence-corrected chi connectivity index (χ3v) is 4.09. The Kier molecular flexibility index (Phi) is 5.76. The summed E-state index contributed by atoms with van der Waals surface area (Å²) in [4.78, 5) is 4.97. The van der Waals surface area contributed by atoms with Crippen molar-refractivity contribution in [2.24, 2.45) is 0 Å². The van der Waals surface area contributed by atoms with Gasteiger partial charge in [0.1, 0.15) is 5.75 Å². The van der Waals surface area contributed by atoms with Crippen molar-refractivity contribution in [1.29, 1.82) is 0 Å². The van der Waals surface area contributed by atoms with Crippen LogP contribution in [0.1, 0.15) is 6.92 Å². The molecule has 0 radical (unpaired) electrons. The number of alkyl halides is 5. The number of rotatable bonds is 6. The van der Waals surface area contributed by atoms with Gasteiger partial charge in [0.05, 0.1) is 11.9 Å². The molecule has 1 heterocycles. The number of hydrogen-bond acceptors (Lipinski definition) is 4. The lowest BCUT2D eigenvalue weighted by atomic mass is 10.1. The second-order valence-corrected chi connectivity index (χ2v) is 6.36. The zero-order chi connectivity index (χ0) is 18.7. The smallest absolute Gasteiger partial charge is 0.456 e. The van der Waals surface area contributed by atoms with E-state index in [1.165, 1.54) is 12.1 Å². The van der Waals surface area contributed by atoms with Gasteiger partial charge in [-0.2, -0.15) is 22.0 Å². The van der Waals surface area contributed by atoms with Crippen molar-refractivity contribution in [2.45, 2.75) is 23.9 Å². The van der Waals surface area contributed by atoms with Crippen molar-refractivity contribution >= 4 is 17.4 Å². The summed E-state index contributed by atoms with van der Waals surface area (Å²) < 4.78 is 66.6. The minimum atomic E-state index is -5.66. The van der Waals surface area contributed by atoms with Crippen molar-refractivity contribution < 1.29 is 26.7 Å². The molecule has 2 N–H and O–H groups in total. The molecular formula is C16H15F5N2OS. The first-order chi connectivity index (χ1) is 11.6. The predicted octanol–water partition coefficient (Wildman–Crippen LogP) is 5.02. The van der Waals surface area contributed by atoms with E-state index in [9.17, 15) is 22.0 Å².